The lowest BCUT2D eigenvalue weighted by Gasteiger charge is -1.94. The Morgan fingerprint density at radius 2 is 2.12 bits per heavy atom. The summed E-state index contributed by atoms with van der Waals surface area (Å²) in [5, 5.41) is 1.22. The summed E-state index contributed by atoms with van der Waals surface area (Å²) in [5.74, 6) is 0. The first-order chi connectivity index (χ1) is 7.81. The fourth-order valence-electron chi connectivity index (χ4n) is 1.71. The van der Waals surface area contributed by atoms with E-state index in [1.165, 1.54) is 6.20 Å². The molecule has 0 unspecified atom stereocenters. The van der Waals surface area contributed by atoms with Gasteiger partial charge in [0.2, 0.25) is 0 Å². The Hall–Kier alpha value is -1.87. The van der Waals surface area contributed by atoms with Crippen molar-refractivity contribution in [2.24, 2.45) is 0 Å². The monoisotopic (exact) mass is 231 g/mol. The number of benzene rings is 1. The molecular weight excluding hydrogens is 226 g/mol. The van der Waals surface area contributed by atoms with E-state index in [0.717, 1.165) is 11.0 Å². The van der Waals surface area contributed by atoms with Crippen LogP contribution in [0.3, 0.4) is 0 Å². The van der Waals surface area contributed by atoms with Crippen LogP contribution >= 0.6 is 11.6 Å². The van der Waals surface area contributed by atoms with E-state index in [0.29, 0.717) is 28.0 Å². The summed E-state index contributed by atoms with van der Waals surface area (Å²) >= 11 is 6.05. The van der Waals surface area contributed by atoms with Gasteiger partial charge in [0.05, 0.1) is 10.6 Å². The summed E-state index contributed by atoms with van der Waals surface area (Å²) in [6.45, 7) is 0. The average Bonchev–Trinajstić information content (AvgIpc) is 2.69. The molecule has 0 atom stereocenters. The number of fused-ring (bicyclic) bond motifs is 3. The van der Waals surface area contributed by atoms with Crippen molar-refractivity contribution >= 4 is 40.0 Å². The highest BCUT2D eigenvalue weighted by molar-refractivity contribution is 6.37. The van der Waals surface area contributed by atoms with Gasteiger partial charge in [-0.15, -0.1) is 0 Å². The molecule has 0 amide bonds. The minimum Gasteiger partial charge on any atom is -0.453 e. The summed E-state index contributed by atoms with van der Waals surface area (Å²) in [5.41, 5.74) is 2.21. The molecule has 0 radical (unpaired) electrons. The number of halogens is 1. The van der Waals surface area contributed by atoms with Crippen molar-refractivity contribution in [3.63, 3.8) is 0 Å². The smallest absolute Gasteiger partial charge is 0.173 e. The van der Waals surface area contributed by atoms with Gasteiger partial charge in [-0.3, -0.25) is 9.78 Å². The van der Waals surface area contributed by atoms with Crippen LogP contribution in [-0.2, 0) is 0 Å². The zero-order chi connectivity index (χ0) is 11.1. The lowest BCUT2D eigenvalue weighted by Crippen LogP contribution is -1.84. The molecule has 78 valence electrons. The molecule has 0 aliphatic heterocycles. The SMILES string of the molecule is O=Cc1cnc2c(oc3ccccc32)c1Cl. The number of hydrogen-bond donors (Lipinski definition) is 0. The number of furan rings is 1. The normalized spacial score (nSPS) is 11.1. The molecule has 0 fully saturated rings. The third kappa shape index (κ3) is 1.15. The fraction of sp³-hybridized carbons (Fsp3) is 0. The molecule has 0 aliphatic carbocycles. The van der Waals surface area contributed by atoms with Crippen molar-refractivity contribution in [2.45, 2.75) is 0 Å². The number of carbonyl (C=O) groups is 1. The van der Waals surface area contributed by atoms with Crippen LogP contribution in [-0.4, -0.2) is 11.3 Å². The third-order valence-corrected chi connectivity index (χ3v) is 2.87. The number of carbonyl (C=O) groups excluding carboxylic acids is 1. The molecule has 4 heteroatoms. The maximum atomic E-state index is 10.7. The second-order valence-corrected chi connectivity index (χ2v) is 3.80. The van der Waals surface area contributed by atoms with Crippen LogP contribution < -0.4 is 0 Å². The van der Waals surface area contributed by atoms with Gasteiger partial charge in [0.15, 0.2) is 11.9 Å². The van der Waals surface area contributed by atoms with Gasteiger partial charge in [-0.2, -0.15) is 0 Å². The third-order valence-electron chi connectivity index (χ3n) is 2.48. The molecule has 1 aromatic carbocycles. The predicted molar refractivity (Wildman–Crippen MR) is 61.9 cm³/mol. The lowest BCUT2D eigenvalue weighted by atomic mass is 10.2. The van der Waals surface area contributed by atoms with E-state index in [2.05, 4.69) is 4.98 Å². The molecule has 0 saturated heterocycles. The minimum absolute atomic E-state index is 0.316. The summed E-state index contributed by atoms with van der Waals surface area (Å²) in [6.07, 6.45) is 2.13. The van der Waals surface area contributed by atoms with Crippen LogP contribution in [0.1, 0.15) is 10.4 Å². The summed E-state index contributed by atoms with van der Waals surface area (Å²) in [7, 11) is 0. The number of pyridine rings is 1. The zero-order valence-electron chi connectivity index (χ0n) is 8.11. The second-order valence-electron chi connectivity index (χ2n) is 3.42. The van der Waals surface area contributed by atoms with Crippen molar-refractivity contribution < 1.29 is 9.21 Å². The van der Waals surface area contributed by atoms with E-state index < -0.39 is 0 Å². The van der Waals surface area contributed by atoms with Gasteiger partial charge in [0.25, 0.3) is 0 Å². The van der Waals surface area contributed by atoms with Gasteiger partial charge in [-0.05, 0) is 12.1 Å². The maximum Gasteiger partial charge on any atom is 0.173 e. The Kier molecular flexibility index (Phi) is 1.94. The predicted octanol–water partition coefficient (Wildman–Crippen LogP) is 3.45. The molecule has 0 aliphatic rings. The molecule has 2 aromatic heterocycles. The fourth-order valence-corrected chi connectivity index (χ4v) is 1.93. The Labute approximate surface area is 95.6 Å². The minimum atomic E-state index is 0.316. The van der Waals surface area contributed by atoms with Gasteiger partial charge >= 0.3 is 0 Å². The largest absolute Gasteiger partial charge is 0.453 e. The number of rotatable bonds is 1. The average molecular weight is 232 g/mol. The molecular formula is C12H6ClNO2. The van der Waals surface area contributed by atoms with Crippen molar-refractivity contribution in [1.82, 2.24) is 4.98 Å². The first kappa shape index (κ1) is 9.36. The summed E-state index contributed by atoms with van der Waals surface area (Å²) < 4.78 is 5.57. The van der Waals surface area contributed by atoms with Crippen LogP contribution in [0.4, 0.5) is 0 Å². The standard InChI is InChI=1S/C12H6ClNO2/c13-10-7(6-15)5-14-11-8-3-1-2-4-9(8)16-12(10)11/h1-6H. The number of para-hydroxylation sites is 1. The molecule has 0 N–H and O–H groups in total. The first-order valence-corrected chi connectivity index (χ1v) is 5.10. The Bertz CT molecular complexity index is 703. The zero-order valence-corrected chi connectivity index (χ0v) is 8.86. The summed E-state index contributed by atoms with van der Waals surface area (Å²) in [6, 6.07) is 7.53. The van der Waals surface area contributed by atoms with Crippen LogP contribution in [0.5, 0.6) is 0 Å². The van der Waals surface area contributed by atoms with Gasteiger partial charge in [0.1, 0.15) is 11.1 Å². The number of aromatic nitrogens is 1. The van der Waals surface area contributed by atoms with Crippen LogP contribution in [0.25, 0.3) is 22.1 Å². The number of aldehydes is 1. The summed E-state index contributed by atoms with van der Waals surface area (Å²) in [4.78, 5) is 14.9. The van der Waals surface area contributed by atoms with E-state index in [-0.39, 0.29) is 0 Å². The molecule has 3 rings (SSSR count). The van der Waals surface area contributed by atoms with E-state index in [1.54, 1.807) is 0 Å². The lowest BCUT2D eigenvalue weighted by molar-refractivity contribution is 0.112. The number of nitrogens with zero attached hydrogens (tertiary/aromatic N) is 1. The Morgan fingerprint density at radius 3 is 2.94 bits per heavy atom. The van der Waals surface area contributed by atoms with Gasteiger partial charge in [0, 0.05) is 11.6 Å². The van der Waals surface area contributed by atoms with Crippen molar-refractivity contribution in [3.8, 4) is 0 Å². The molecule has 0 bridgehead atoms. The van der Waals surface area contributed by atoms with Gasteiger partial charge in [-0.1, -0.05) is 23.7 Å². The van der Waals surface area contributed by atoms with E-state index >= 15 is 0 Å². The van der Waals surface area contributed by atoms with Crippen LogP contribution in [0.2, 0.25) is 5.02 Å². The Morgan fingerprint density at radius 1 is 1.31 bits per heavy atom. The molecule has 3 aromatic rings. The van der Waals surface area contributed by atoms with Crippen LogP contribution in [0, 0.1) is 0 Å². The quantitative estimate of drug-likeness (QED) is 0.603. The van der Waals surface area contributed by atoms with Gasteiger partial charge < -0.3 is 4.42 Å². The highest BCUT2D eigenvalue weighted by Gasteiger charge is 2.13. The maximum absolute atomic E-state index is 10.7. The van der Waals surface area contributed by atoms with Gasteiger partial charge in [-0.25, -0.2) is 0 Å². The van der Waals surface area contributed by atoms with Crippen molar-refractivity contribution in [3.05, 3.63) is 41.0 Å². The van der Waals surface area contributed by atoms with E-state index in [4.69, 9.17) is 16.0 Å². The topological polar surface area (TPSA) is 43.1 Å². The number of hydrogen-bond acceptors (Lipinski definition) is 3. The van der Waals surface area contributed by atoms with E-state index in [1.807, 2.05) is 24.3 Å². The first-order valence-electron chi connectivity index (χ1n) is 4.72. The molecule has 0 spiro atoms. The Balaban J connectivity index is 2.54. The van der Waals surface area contributed by atoms with E-state index in [9.17, 15) is 4.79 Å². The molecule has 2 heterocycles. The van der Waals surface area contributed by atoms with Crippen molar-refractivity contribution in [1.29, 1.82) is 0 Å². The second kappa shape index (κ2) is 3.32. The van der Waals surface area contributed by atoms with Crippen molar-refractivity contribution in [2.75, 3.05) is 0 Å². The highest BCUT2D eigenvalue weighted by atomic mass is 35.5. The highest BCUT2D eigenvalue weighted by Crippen LogP contribution is 2.32. The molecule has 0 saturated carbocycles. The molecule has 16 heavy (non-hydrogen) atoms. The molecule has 3 nitrogen and oxygen atoms in total. The van der Waals surface area contributed by atoms with Crippen LogP contribution in [0.15, 0.2) is 34.9 Å².